The number of rotatable bonds is 6. The molecule has 5 aliphatic carbocycles. The fraction of sp³-hybridized carbons (Fsp3) is 0.909. The molecule has 30 heavy (non-hydrogen) atoms. The number of fused-ring (bicyclic) bond motifs is 1. The van der Waals surface area contributed by atoms with Gasteiger partial charge in [0.2, 0.25) is 11.8 Å². The molecule has 0 spiro atoms. The summed E-state index contributed by atoms with van der Waals surface area (Å²) in [5, 5.41) is 9.45. The number of carbonyl (C=O) groups is 2. The molecule has 6 aliphatic rings. The summed E-state index contributed by atoms with van der Waals surface area (Å²) in [5.41, 5.74) is -0.331. The van der Waals surface area contributed by atoms with E-state index in [4.69, 9.17) is 16.3 Å². The van der Waals surface area contributed by atoms with Crippen LogP contribution < -0.4 is 16.0 Å². The zero-order valence-electron chi connectivity index (χ0n) is 17.4. The molecule has 2 amide bonds. The summed E-state index contributed by atoms with van der Waals surface area (Å²) in [6.07, 6.45) is 8.56. The normalized spacial score (nSPS) is 46.9. The lowest BCUT2D eigenvalue weighted by atomic mass is 9.44. The van der Waals surface area contributed by atoms with Gasteiger partial charge in [-0.25, -0.2) is 4.39 Å². The van der Waals surface area contributed by atoms with E-state index >= 15 is 0 Å². The number of carbonyl (C=O) groups excluding carboxylic acids is 2. The van der Waals surface area contributed by atoms with Crippen molar-refractivity contribution in [2.75, 3.05) is 6.61 Å². The highest BCUT2D eigenvalue weighted by Crippen LogP contribution is 2.60. The van der Waals surface area contributed by atoms with Crippen LogP contribution in [0.1, 0.15) is 70.6 Å². The van der Waals surface area contributed by atoms with Gasteiger partial charge in [-0.1, -0.05) is 12.8 Å². The second kappa shape index (κ2) is 7.89. The highest BCUT2D eigenvalue weighted by Gasteiger charge is 2.69. The molecule has 0 aromatic carbocycles. The number of nitrogens with one attached hydrogen (secondary N) is 3. The van der Waals surface area contributed by atoms with E-state index in [1.54, 1.807) is 0 Å². The number of hydrogen-bond acceptors (Lipinski definition) is 4. The Balaban J connectivity index is 1.02. The summed E-state index contributed by atoms with van der Waals surface area (Å²) in [7, 11) is 0. The molecule has 3 N–H and O–H groups in total. The van der Waals surface area contributed by atoms with E-state index in [-0.39, 0.29) is 48.1 Å². The standard InChI is InChI=1S/C22H33ClFN3O3/c23-15-6-5-14(8-16(15)24)30-9-19(28)26-21-10-22(11-21,12-21)27-20(29)18-7-13-3-1-2-4-17(13)25-18/h13-18,25H,1-12H2,(H,26,28)(H,27,29)/t13?,14?,15?,16?,17?,18-,21?,22?/m1/s1. The highest BCUT2D eigenvalue weighted by molar-refractivity contribution is 6.21. The Labute approximate surface area is 182 Å². The molecule has 2 bridgehead atoms. The van der Waals surface area contributed by atoms with Crippen LogP contribution in [-0.2, 0) is 14.3 Å². The fourth-order valence-electron chi connectivity index (χ4n) is 6.64. The summed E-state index contributed by atoms with van der Waals surface area (Å²) in [4.78, 5) is 25.0. The third-order valence-electron chi connectivity index (χ3n) is 8.10. The second-order valence-corrected chi connectivity index (χ2v) is 11.1. The Morgan fingerprint density at radius 2 is 1.77 bits per heavy atom. The quantitative estimate of drug-likeness (QED) is 0.553. The van der Waals surface area contributed by atoms with Gasteiger partial charge in [-0.3, -0.25) is 9.59 Å². The van der Waals surface area contributed by atoms with Crippen LogP contribution in [0.15, 0.2) is 0 Å². The van der Waals surface area contributed by atoms with E-state index in [1.807, 2.05) is 0 Å². The average Bonchev–Trinajstić information content (AvgIpc) is 3.10. The van der Waals surface area contributed by atoms with Crippen LogP contribution in [0.5, 0.6) is 0 Å². The van der Waals surface area contributed by atoms with Gasteiger partial charge in [0.25, 0.3) is 0 Å². The Hall–Kier alpha value is -0.920. The molecule has 5 unspecified atom stereocenters. The first-order valence-electron chi connectivity index (χ1n) is 11.6. The first-order valence-corrected chi connectivity index (χ1v) is 12.1. The molecule has 1 saturated heterocycles. The van der Waals surface area contributed by atoms with E-state index in [9.17, 15) is 14.0 Å². The predicted molar refractivity (Wildman–Crippen MR) is 111 cm³/mol. The van der Waals surface area contributed by atoms with E-state index in [1.165, 1.54) is 25.7 Å². The van der Waals surface area contributed by atoms with Crippen LogP contribution in [0.25, 0.3) is 0 Å². The van der Waals surface area contributed by atoms with Crippen molar-refractivity contribution in [2.24, 2.45) is 5.92 Å². The van der Waals surface area contributed by atoms with Crippen LogP contribution in [0.3, 0.4) is 0 Å². The Morgan fingerprint density at radius 3 is 2.50 bits per heavy atom. The van der Waals surface area contributed by atoms with Crippen LogP contribution >= 0.6 is 11.6 Å². The van der Waals surface area contributed by atoms with E-state index in [0.29, 0.717) is 24.8 Å². The summed E-state index contributed by atoms with van der Waals surface area (Å²) in [5.74, 6) is 0.628. The number of alkyl halides is 2. The van der Waals surface area contributed by atoms with Gasteiger partial charge < -0.3 is 20.7 Å². The van der Waals surface area contributed by atoms with E-state index in [0.717, 1.165) is 25.7 Å². The van der Waals surface area contributed by atoms with Crippen LogP contribution in [0.2, 0.25) is 0 Å². The molecular formula is C22H33ClFN3O3. The lowest BCUT2D eigenvalue weighted by molar-refractivity contribution is -0.154. The van der Waals surface area contributed by atoms with Crippen LogP contribution in [-0.4, -0.2) is 59.2 Å². The van der Waals surface area contributed by atoms with Gasteiger partial charge >= 0.3 is 0 Å². The van der Waals surface area contributed by atoms with Crippen molar-refractivity contribution in [2.45, 2.75) is 111 Å². The molecule has 168 valence electrons. The van der Waals surface area contributed by atoms with E-state index in [2.05, 4.69) is 16.0 Å². The summed E-state index contributed by atoms with van der Waals surface area (Å²) in [6, 6.07) is 0.453. The highest BCUT2D eigenvalue weighted by atomic mass is 35.5. The molecule has 0 aromatic rings. The predicted octanol–water partition coefficient (Wildman–Crippen LogP) is 2.33. The van der Waals surface area contributed by atoms with Gasteiger partial charge in [-0.15, -0.1) is 11.6 Å². The molecule has 0 aromatic heterocycles. The van der Waals surface area contributed by atoms with Gasteiger partial charge in [0.05, 0.1) is 17.5 Å². The maximum absolute atomic E-state index is 13.7. The van der Waals surface area contributed by atoms with Crippen molar-refractivity contribution in [3.63, 3.8) is 0 Å². The van der Waals surface area contributed by atoms with Gasteiger partial charge in [0.1, 0.15) is 12.8 Å². The third-order valence-corrected chi connectivity index (χ3v) is 8.59. The Morgan fingerprint density at radius 1 is 1.03 bits per heavy atom. The zero-order valence-corrected chi connectivity index (χ0v) is 18.2. The number of ether oxygens (including phenoxy) is 1. The topological polar surface area (TPSA) is 79.5 Å². The largest absolute Gasteiger partial charge is 0.368 e. The first-order chi connectivity index (χ1) is 14.4. The molecule has 6 rings (SSSR count). The van der Waals surface area contributed by atoms with Crippen molar-refractivity contribution in [1.82, 2.24) is 16.0 Å². The molecule has 6 nitrogen and oxygen atoms in total. The lowest BCUT2D eigenvalue weighted by Crippen LogP contribution is -2.84. The monoisotopic (exact) mass is 441 g/mol. The third kappa shape index (κ3) is 3.97. The van der Waals surface area contributed by atoms with Gasteiger partial charge in [-0.2, -0.15) is 0 Å². The number of halogens is 2. The molecule has 6 fully saturated rings. The maximum Gasteiger partial charge on any atom is 0.246 e. The molecule has 0 radical (unpaired) electrons. The van der Waals surface area contributed by atoms with Gasteiger partial charge in [0, 0.05) is 23.5 Å². The minimum absolute atomic E-state index is 0.0414. The van der Waals surface area contributed by atoms with Crippen molar-refractivity contribution >= 4 is 23.4 Å². The second-order valence-electron chi connectivity index (χ2n) is 10.5. The first kappa shape index (κ1) is 21.0. The Kier molecular flexibility index (Phi) is 5.51. The van der Waals surface area contributed by atoms with Crippen molar-refractivity contribution in [3.8, 4) is 0 Å². The molecular weight excluding hydrogens is 409 g/mol. The van der Waals surface area contributed by atoms with Crippen molar-refractivity contribution in [3.05, 3.63) is 0 Å². The van der Waals surface area contributed by atoms with Gasteiger partial charge in [0.15, 0.2) is 0 Å². The molecule has 1 aliphatic heterocycles. The Bertz CT molecular complexity index is 673. The lowest BCUT2D eigenvalue weighted by Gasteiger charge is -2.70. The smallest absolute Gasteiger partial charge is 0.246 e. The summed E-state index contributed by atoms with van der Waals surface area (Å²) in [6.45, 7) is -0.0414. The fourth-order valence-corrected chi connectivity index (χ4v) is 6.87. The molecule has 5 saturated carbocycles. The summed E-state index contributed by atoms with van der Waals surface area (Å²) >= 11 is 5.89. The van der Waals surface area contributed by atoms with Crippen LogP contribution in [0.4, 0.5) is 4.39 Å². The van der Waals surface area contributed by atoms with Crippen molar-refractivity contribution in [1.29, 1.82) is 0 Å². The van der Waals surface area contributed by atoms with Crippen molar-refractivity contribution < 1.29 is 18.7 Å². The molecule has 8 heteroatoms. The number of hydrogen-bond donors (Lipinski definition) is 3. The maximum atomic E-state index is 13.7. The molecule has 6 atom stereocenters. The SMILES string of the molecule is O=C(COC1CCC(Cl)C(F)C1)NC12CC(NC(=O)[C@H]3CC4CCCCC4N3)(C1)C2. The number of amides is 2. The minimum Gasteiger partial charge on any atom is -0.368 e. The average molecular weight is 442 g/mol. The minimum atomic E-state index is -1.06. The van der Waals surface area contributed by atoms with Gasteiger partial charge in [-0.05, 0) is 57.3 Å². The van der Waals surface area contributed by atoms with Crippen LogP contribution in [0, 0.1) is 5.92 Å². The molecule has 1 heterocycles. The summed E-state index contributed by atoms with van der Waals surface area (Å²) < 4.78 is 19.3. The van der Waals surface area contributed by atoms with E-state index < -0.39 is 11.5 Å². The zero-order chi connectivity index (χ0) is 20.9.